The SMILES string of the molecule is COc1cc2[nH]nc(-c3ccc(N4CC[C@@H]4CC#N)nc3)c2cc1O[C@H](C)c1c(Cl)cncc1Cl. The number of H-pyrrole nitrogens is 1. The zero-order chi connectivity index (χ0) is 24.5. The molecule has 1 aromatic carbocycles. The molecule has 0 aliphatic carbocycles. The van der Waals surface area contributed by atoms with Gasteiger partial charge in [-0.05, 0) is 31.5 Å². The van der Waals surface area contributed by atoms with Gasteiger partial charge in [-0.15, -0.1) is 0 Å². The second-order valence-electron chi connectivity index (χ2n) is 8.30. The predicted octanol–water partition coefficient (Wildman–Crippen LogP) is 5.97. The van der Waals surface area contributed by atoms with Gasteiger partial charge in [0.25, 0.3) is 0 Å². The summed E-state index contributed by atoms with van der Waals surface area (Å²) in [7, 11) is 1.58. The Morgan fingerprint density at radius 2 is 2.00 bits per heavy atom. The molecule has 0 amide bonds. The Labute approximate surface area is 212 Å². The molecule has 10 heteroatoms. The van der Waals surface area contributed by atoms with Crippen LogP contribution in [0.25, 0.3) is 22.2 Å². The Morgan fingerprint density at radius 3 is 2.63 bits per heavy atom. The zero-order valence-corrected chi connectivity index (χ0v) is 20.6. The third-order valence-electron chi connectivity index (χ3n) is 6.23. The van der Waals surface area contributed by atoms with E-state index in [1.54, 1.807) is 13.3 Å². The van der Waals surface area contributed by atoms with Crippen molar-refractivity contribution < 1.29 is 9.47 Å². The van der Waals surface area contributed by atoms with Gasteiger partial charge in [0.1, 0.15) is 17.6 Å². The lowest BCUT2D eigenvalue weighted by molar-refractivity contribution is 0.216. The van der Waals surface area contributed by atoms with E-state index in [1.807, 2.05) is 31.2 Å². The van der Waals surface area contributed by atoms with Gasteiger partial charge in [0.05, 0.1) is 35.2 Å². The van der Waals surface area contributed by atoms with Crippen molar-refractivity contribution >= 4 is 39.9 Å². The zero-order valence-electron chi connectivity index (χ0n) is 19.1. The van der Waals surface area contributed by atoms with Crippen molar-refractivity contribution in [2.24, 2.45) is 0 Å². The first-order chi connectivity index (χ1) is 17.0. The van der Waals surface area contributed by atoms with Crippen molar-refractivity contribution in [2.45, 2.75) is 31.9 Å². The summed E-state index contributed by atoms with van der Waals surface area (Å²) < 4.78 is 11.8. The summed E-state index contributed by atoms with van der Waals surface area (Å²) in [6.45, 7) is 2.78. The number of halogens is 2. The van der Waals surface area contributed by atoms with Crippen LogP contribution in [0.3, 0.4) is 0 Å². The normalized spacial score (nSPS) is 16.0. The molecule has 8 nitrogen and oxygen atoms in total. The maximum Gasteiger partial charge on any atom is 0.162 e. The third-order valence-corrected chi connectivity index (χ3v) is 6.84. The van der Waals surface area contributed by atoms with Crippen LogP contribution in [0.5, 0.6) is 11.5 Å². The van der Waals surface area contributed by atoms with Crippen LogP contribution < -0.4 is 14.4 Å². The van der Waals surface area contributed by atoms with Crippen LogP contribution in [0.2, 0.25) is 10.0 Å². The Morgan fingerprint density at radius 1 is 1.20 bits per heavy atom. The van der Waals surface area contributed by atoms with Gasteiger partial charge in [-0.3, -0.25) is 10.1 Å². The summed E-state index contributed by atoms with van der Waals surface area (Å²) in [4.78, 5) is 10.8. The molecule has 1 fully saturated rings. The maximum atomic E-state index is 9.00. The number of anilines is 1. The molecule has 35 heavy (non-hydrogen) atoms. The summed E-state index contributed by atoms with van der Waals surface area (Å²) >= 11 is 12.6. The van der Waals surface area contributed by atoms with E-state index in [2.05, 4.69) is 31.1 Å². The van der Waals surface area contributed by atoms with Gasteiger partial charge in [0.2, 0.25) is 0 Å². The van der Waals surface area contributed by atoms with Gasteiger partial charge in [0.15, 0.2) is 11.5 Å². The number of pyridine rings is 2. The molecule has 1 aliphatic rings. The molecule has 2 atom stereocenters. The number of nitriles is 1. The van der Waals surface area contributed by atoms with Gasteiger partial charge < -0.3 is 14.4 Å². The van der Waals surface area contributed by atoms with Gasteiger partial charge in [-0.1, -0.05) is 23.2 Å². The Balaban J connectivity index is 1.46. The van der Waals surface area contributed by atoms with Crippen molar-refractivity contribution in [2.75, 3.05) is 18.6 Å². The minimum absolute atomic E-state index is 0.237. The Kier molecular flexibility index (Phi) is 6.37. The highest BCUT2D eigenvalue weighted by Crippen LogP contribution is 2.40. The Bertz CT molecular complexity index is 1400. The van der Waals surface area contributed by atoms with E-state index < -0.39 is 6.10 Å². The molecule has 1 N–H and O–H groups in total. The number of aromatic nitrogens is 4. The van der Waals surface area contributed by atoms with Crippen LogP contribution in [0.15, 0.2) is 42.9 Å². The smallest absolute Gasteiger partial charge is 0.162 e. The number of nitrogens with one attached hydrogen (secondary N) is 1. The number of hydrogen-bond acceptors (Lipinski definition) is 7. The number of aromatic amines is 1. The number of ether oxygens (including phenoxy) is 2. The number of fused-ring (bicyclic) bond motifs is 1. The standard InChI is InChI=1S/C25H22Cl2N6O2/c1-14(24-18(26)12-29-13-19(24)27)35-22-9-17-20(10-21(22)34-2)31-32-25(17)15-3-4-23(30-11-15)33-8-6-16(33)5-7-28/h3-4,9-14,16H,5-6,8H2,1-2H3,(H,31,32)/t14-,16+/m1/s1. The highest BCUT2D eigenvalue weighted by molar-refractivity contribution is 6.35. The molecule has 0 saturated carbocycles. The van der Waals surface area contributed by atoms with E-state index in [9.17, 15) is 0 Å². The number of benzene rings is 1. The lowest BCUT2D eigenvalue weighted by atomic mass is 10.0. The first kappa shape index (κ1) is 23.2. The van der Waals surface area contributed by atoms with Crippen LogP contribution in [-0.2, 0) is 0 Å². The first-order valence-electron chi connectivity index (χ1n) is 11.1. The van der Waals surface area contributed by atoms with E-state index in [0.717, 1.165) is 40.9 Å². The molecule has 0 unspecified atom stereocenters. The molecule has 178 valence electrons. The summed E-state index contributed by atoms with van der Waals surface area (Å²) in [5.74, 6) is 1.95. The minimum atomic E-state index is -0.446. The number of methoxy groups -OCH3 is 1. The van der Waals surface area contributed by atoms with Crippen LogP contribution in [-0.4, -0.2) is 39.9 Å². The number of nitrogens with zero attached hydrogens (tertiary/aromatic N) is 5. The lowest BCUT2D eigenvalue weighted by Gasteiger charge is -2.40. The molecule has 1 aliphatic heterocycles. The van der Waals surface area contributed by atoms with Crippen molar-refractivity contribution in [3.8, 4) is 28.8 Å². The summed E-state index contributed by atoms with van der Waals surface area (Å²) in [5, 5.41) is 18.3. The van der Waals surface area contributed by atoms with Gasteiger partial charge >= 0.3 is 0 Å². The molecule has 4 heterocycles. The maximum absolute atomic E-state index is 9.00. The van der Waals surface area contributed by atoms with E-state index >= 15 is 0 Å². The molecular weight excluding hydrogens is 487 g/mol. The summed E-state index contributed by atoms with van der Waals surface area (Å²) in [6, 6.07) is 10.2. The van der Waals surface area contributed by atoms with Crippen LogP contribution in [0.4, 0.5) is 5.82 Å². The largest absolute Gasteiger partial charge is 0.493 e. The molecule has 0 bridgehead atoms. The second kappa shape index (κ2) is 9.61. The molecule has 4 aromatic rings. The molecular formula is C25H22Cl2N6O2. The number of rotatable bonds is 7. The van der Waals surface area contributed by atoms with Crippen molar-refractivity contribution in [3.63, 3.8) is 0 Å². The minimum Gasteiger partial charge on any atom is -0.493 e. The summed E-state index contributed by atoms with van der Waals surface area (Å²) in [6.07, 6.45) is 5.95. The quantitative estimate of drug-likeness (QED) is 0.328. The van der Waals surface area contributed by atoms with Gasteiger partial charge in [-0.25, -0.2) is 4.98 Å². The Hall–Kier alpha value is -3.54. The molecule has 0 radical (unpaired) electrons. The lowest BCUT2D eigenvalue weighted by Crippen LogP contribution is -2.48. The number of hydrogen-bond donors (Lipinski definition) is 1. The van der Waals surface area contributed by atoms with Crippen molar-refractivity contribution in [1.29, 1.82) is 5.26 Å². The van der Waals surface area contributed by atoms with E-state index in [0.29, 0.717) is 33.5 Å². The van der Waals surface area contributed by atoms with E-state index in [1.165, 1.54) is 12.4 Å². The van der Waals surface area contributed by atoms with Crippen LogP contribution in [0.1, 0.15) is 31.4 Å². The van der Waals surface area contributed by atoms with E-state index in [-0.39, 0.29) is 6.04 Å². The highest BCUT2D eigenvalue weighted by atomic mass is 35.5. The highest BCUT2D eigenvalue weighted by Gasteiger charge is 2.28. The van der Waals surface area contributed by atoms with Gasteiger partial charge in [0, 0.05) is 53.8 Å². The molecule has 5 rings (SSSR count). The average molecular weight is 509 g/mol. The van der Waals surface area contributed by atoms with Crippen molar-refractivity contribution in [1.82, 2.24) is 20.2 Å². The van der Waals surface area contributed by atoms with Gasteiger partial charge in [-0.2, -0.15) is 10.4 Å². The topological polar surface area (TPSA) is 100.0 Å². The fourth-order valence-corrected chi connectivity index (χ4v) is 4.98. The first-order valence-corrected chi connectivity index (χ1v) is 11.9. The second-order valence-corrected chi connectivity index (χ2v) is 9.12. The molecule has 3 aromatic heterocycles. The third kappa shape index (κ3) is 4.33. The predicted molar refractivity (Wildman–Crippen MR) is 135 cm³/mol. The van der Waals surface area contributed by atoms with Crippen LogP contribution in [0, 0.1) is 11.3 Å². The summed E-state index contributed by atoms with van der Waals surface area (Å²) in [5.41, 5.74) is 3.06. The molecule has 1 saturated heterocycles. The average Bonchev–Trinajstić information content (AvgIpc) is 3.24. The monoisotopic (exact) mass is 508 g/mol. The van der Waals surface area contributed by atoms with Crippen molar-refractivity contribution in [3.05, 3.63) is 58.5 Å². The fraction of sp³-hybridized carbons (Fsp3) is 0.280. The van der Waals surface area contributed by atoms with Crippen LogP contribution >= 0.6 is 23.2 Å². The fourth-order valence-electron chi connectivity index (χ4n) is 4.31. The van der Waals surface area contributed by atoms with E-state index in [4.69, 9.17) is 37.9 Å². The molecule has 0 spiro atoms.